The van der Waals surface area contributed by atoms with E-state index in [4.69, 9.17) is 4.74 Å². The Balaban J connectivity index is 1.65. The lowest BCUT2D eigenvalue weighted by Gasteiger charge is -2.43. The Hall–Kier alpha value is -1.40. The number of aromatic nitrogens is 2. The Bertz CT molecular complexity index is 434. The van der Waals surface area contributed by atoms with Gasteiger partial charge in [0.15, 0.2) is 0 Å². The zero-order chi connectivity index (χ0) is 13.8. The molecule has 110 valence electrons. The van der Waals surface area contributed by atoms with Crippen LogP contribution in [0.15, 0.2) is 12.4 Å². The summed E-state index contributed by atoms with van der Waals surface area (Å²) in [6.45, 7) is 3.45. The van der Waals surface area contributed by atoms with Crippen molar-refractivity contribution in [3.05, 3.63) is 12.4 Å². The standard InChI is InChI=1S/C14H22N4O2/c19-13(17-12-10-15-16-11-12)9-14(3-1-2-4-14)18-5-7-20-8-6-18/h10-11H,1-9H2,(H,15,16)(H,17,19). The number of morpholine rings is 1. The van der Waals surface area contributed by atoms with Crippen LogP contribution in [0.2, 0.25) is 0 Å². The minimum atomic E-state index is 0.0393. The number of hydrogen-bond donors (Lipinski definition) is 2. The van der Waals surface area contributed by atoms with Crippen molar-refractivity contribution in [1.29, 1.82) is 0 Å². The third kappa shape index (κ3) is 2.86. The molecule has 0 bridgehead atoms. The van der Waals surface area contributed by atoms with Crippen LogP contribution >= 0.6 is 0 Å². The first-order valence-corrected chi connectivity index (χ1v) is 7.40. The van der Waals surface area contributed by atoms with Gasteiger partial charge in [-0.3, -0.25) is 14.8 Å². The van der Waals surface area contributed by atoms with Gasteiger partial charge in [0.05, 0.1) is 25.1 Å². The number of H-pyrrole nitrogens is 1. The highest BCUT2D eigenvalue weighted by atomic mass is 16.5. The van der Waals surface area contributed by atoms with Crippen molar-refractivity contribution in [1.82, 2.24) is 15.1 Å². The van der Waals surface area contributed by atoms with Gasteiger partial charge in [0.25, 0.3) is 0 Å². The van der Waals surface area contributed by atoms with Gasteiger partial charge in [0, 0.05) is 31.2 Å². The number of hydrogen-bond acceptors (Lipinski definition) is 4. The Morgan fingerprint density at radius 1 is 1.40 bits per heavy atom. The first-order chi connectivity index (χ1) is 9.78. The molecule has 1 aromatic rings. The Kier molecular flexibility index (Phi) is 4.03. The second-order valence-corrected chi connectivity index (χ2v) is 5.74. The Labute approximate surface area is 118 Å². The lowest BCUT2D eigenvalue weighted by atomic mass is 9.90. The van der Waals surface area contributed by atoms with Crippen LogP contribution in [0.4, 0.5) is 5.69 Å². The second kappa shape index (κ2) is 5.93. The SMILES string of the molecule is O=C(CC1(N2CCOCC2)CCCC1)Nc1cn[nH]c1. The predicted octanol–water partition coefficient (Wildman–Crippen LogP) is 1.38. The third-order valence-electron chi connectivity index (χ3n) is 4.49. The maximum atomic E-state index is 12.3. The van der Waals surface area contributed by atoms with E-state index in [0.29, 0.717) is 6.42 Å². The van der Waals surface area contributed by atoms with Crippen molar-refractivity contribution < 1.29 is 9.53 Å². The lowest BCUT2D eigenvalue weighted by molar-refractivity contribution is -0.120. The molecule has 0 atom stereocenters. The fourth-order valence-corrected chi connectivity index (χ4v) is 3.50. The molecule has 0 spiro atoms. The van der Waals surface area contributed by atoms with E-state index in [1.165, 1.54) is 12.8 Å². The molecule has 1 aliphatic heterocycles. The molecule has 1 aromatic heterocycles. The van der Waals surface area contributed by atoms with E-state index >= 15 is 0 Å². The molecular weight excluding hydrogens is 256 g/mol. The quantitative estimate of drug-likeness (QED) is 0.873. The van der Waals surface area contributed by atoms with Crippen molar-refractivity contribution in [3.63, 3.8) is 0 Å². The number of amides is 1. The molecule has 6 heteroatoms. The van der Waals surface area contributed by atoms with Crippen LogP contribution in [0, 0.1) is 0 Å². The predicted molar refractivity (Wildman–Crippen MR) is 75.4 cm³/mol. The highest BCUT2D eigenvalue weighted by molar-refractivity contribution is 5.91. The van der Waals surface area contributed by atoms with Crippen molar-refractivity contribution in [2.24, 2.45) is 0 Å². The molecule has 2 heterocycles. The van der Waals surface area contributed by atoms with E-state index in [0.717, 1.165) is 44.8 Å². The van der Waals surface area contributed by atoms with Gasteiger partial charge < -0.3 is 10.1 Å². The fourth-order valence-electron chi connectivity index (χ4n) is 3.50. The van der Waals surface area contributed by atoms with Gasteiger partial charge in [-0.05, 0) is 12.8 Å². The smallest absolute Gasteiger partial charge is 0.226 e. The van der Waals surface area contributed by atoms with Gasteiger partial charge in [-0.2, -0.15) is 5.10 Å². The molecule has 2 aliphatic rings. The number of rotatable bonds is 4. The Morgan fingerprint density at radius 3 is 2.80 bits per heavy atom. The summed E-state index contributed by atoms with van der Waals surface area (Å²) in [5.41, 5.74) is 0.780. The zero-order valence-electron chi connectivity index (χ0n) is 11.7. The van der Waals surface area contributed by atoms with Crippen molar-refractivity contribution in [2.75, 3.05) is 31.6 Å². The summed E-state index contributed by atoms with van der Waals surface area (Å²) >= 11 is 0. The maximum Gasteiger partial charge on any atom is 0.226 e. The molecule has 2 fully saturated rings. The van der Waals surface area contributed by atoms with Gasteiger partial charge in [-0.15, -0.1) is 0 Å². The van der Waals surface area contributed by atoms with Crippen LogP contribution in [0.1, 0.15) is 32.1 Å². The summed E-state index contributed by atoms with van der Waals surface area (Å²) in [5.74, 6) is 0.0831. The topological polar surface area (TPSA) is 70.2 Å². The van der Waals surface area contributed by atoms with Crippen LogP contribution < -0.4 is 5.32 Å². The van der Waals surface area contributed by atoms with E-state index in [2.05, 4.69) is 20.4 Å². The number of nitrogens with zero attached hydrogens (tertiary/aromatic N) is 2. The molecule has 1 aliphatic carbocycles. The number of aromatic amines is 1. The summed E-state index contributed by atoms with van der Waals surface area (Å²) < 4.78 is 5.44. The second-order valence-electron chi connectivity index (χ2n) is 5.74. The number of anilines is 1. The van der Waals surface area contributed by atoms with E-state index < -0.39 is 0 Å². The van der Waals surface area contributed by atoms with Crippen molar-refractivity contribution in [2.45, 2.75) is 37.6 Å². The van der Waals surface area contributed by atoms with Crippen LogP contribution in [-0.2, 0) is 9.53 Å². The minimum absolute atomic E-state index is 0.0393. The lowest BCUT2D eigenvalue weighted by Crippen LogP contribution is -2.53. The highest BCUT2D eigenvalue weighted by Gasteiger charge is 2.41. The van der Waals surface area contributed by atoms with Crippen LogP contribution in [-0.4, -0.2) is 52.8 Å². The summed E-state index contributed by atoms with van der Waals surface area (Å²) in [6.07, 6.45) is 8.57. The van der Waals surface area contributed by atoms with E-state index in [9.17, 15) is 4.79 Å². The van der Waals surface area contributed by atoms with Gasteiger partial charge in [0.2, 0.25) is 5.91 Å². The van der Waals surface area contributed by atoms with Crippen LogP contribution in [0.25, 0.3) is 0 Å². The molecule has 0 aromatic carbocycles. The first-order valence-electron chi connectivity index (χ1n) is 7.40. The van der Waals surface area contributed by atoms with Gasteiger partial charge >= 0.3 is 0 Å². The molecule has 6 nitrogen and oxygen atoms in total. The molecule has 1 saturated carbocycles. The van der Waals surface area contributed by atoms with E-state index in [1.54, 1.807) is 12.4 Å². The third-order valence-corrected chi connectivity index (χ3v) is 4.49. The van der Waals surface area contributed by atoms with Crippen LogP contribution in [0.3, 0.4) is 0 Å². The van der Waals surface area contributed by atoms with Gasteiger partial charge in [-0.25, -0.2) is 0 Å². The number of nitrogens with one attached hydrogen (secondary N) is 2. The summed E-state index contributed by atoms with van der Waals surface area (Å²) in [7, 11) is 0. The average Bonchev–Trinajstić information content (AvgIpc) is 3.12. The maximum absolute atomic E-state index is 12.3. The summed E-state index contributed by atoms with van der Waals surface area (Å²) in [5, 5.41) is 9.48. The number of carbonyl (C=O) groups is 1. The summed E-state index contributed by atoms with van der Waals surface area (Å²) in [6, 6.07) is 0. The molecular formula is C14H22N4O2. The van der Waals surface area contributed by atoms with E-state index in [-0.39, 0.29) is 11.4 Å². The van der Waals surface area contributed by atoms with Crippen molar-refractivity contribution >= 4 is 11.6 Å². The fraction of sp³-hybridized carbons (Fsp3) is 0.714. The molecule has 20 heavy (non-hydrogen) atoms. The molecule has 1 amide bonds. The zero-order valence-corrected chi connectivity index (χ0v) is 11.7. The van der Waals surface area contributed by atoms with Crippen LogP contribution in [0.5, 0.6) is 0 Å². The van der Waals surface area contributed by atoms with Crippen molar-refractivity contribution in [3.8, 4) is 0 Å². The first kappa shape index (κ1) is 13.6. The molecule has 0 unspecified atom stereocenters. The number of ether oxygens (including phenoxy) is 1. The molecule has 2 N–H and O–H groups in total. The largest absolute Gasteiger partial charge is 0.379 e. The van der Waals surface area contributed by atoms with Gasteiger partial charge in [0.1, 0.15) is 0 Å². The molecule has 3 rings (SSSR count). The average molecular weight is 278 g/mol. The molecule has 1 saturated heterocycles. The highest BCUT2D eigenvalue weighted by Crippen LogP contribution is 2.38. The van der Waals surface area contributed by atoms with Gasteiger partial charge in [-0.1, -0.05) is 12.8 Å². The Morgan fingerprint density at radius 2 is 2.15 bits per heavy atom. The summed E-state index contributed by atoms with van der Waals surface area (Å²) in [4.78, 5) is 14.8. The normalized spacial score (nSPS) is 22.8. The minimum Gasteiger partial charge on any atom is -0.379 e. The molecule has 0 radical (unpaired) electrons. The monoisotopic (exact) mass is 278 g/mol. The van der Waals surface area contributed by atoms with E-state index in [1.807, 2.05) is 0 Å². The number of carbonyl (C=O) groups excluding carboxylic acids is 1.